The van der Waals surface area contributed by atoms with Crippen LogP contribution in [0, 0.1) is 0 Å². The average molecular weight is 180 g/mol. The van der Waals surface area contributed by atoms with E-state index in [4.69, 9.17) is 0 Å². The Kier molecular flexibility index (Phi) is 2.28. The summed E-state index contributed by atoms with van der Waals surface area (Å²) in [6.07, 6.45) is 4.93. The first-order valence-electron chi connectivity index (χ1n) is 4.27. The molecule has 1 atom stereocenters. The molecule has 0 aliphatic heterocycles. The summed E-state index contributed by atoms with van der Waals surface area (Å²) >= 11 is 1.71. The van der Waals surface area contributed by atoms with Gasteiger partial charge in [-0.3, -0.25) is 0 Å². The second kappa shape index (κ2) is 3.42. The van der Waals surface area contributed by atoms with Crippen molar-refractivity contribution in [2.45, 2.75) is 25.4 Å². The van der Waals surface area contributed by atoms with Gasteiger partial charge in [0.1, 0.15) is 0 Å². The topological polar surface area (TPSA) is 20.2 Å². The van der Waals surface area contributed by atoms with Gasteiger partial charge in [-0.1, -0.05) is 6.08 Å². The molecule has 1 N–H and O–H groups in total. The van der Waals surface area contributed by atoms with Crippen LogP contribution < -0.4 is 0 Å². The summed E-state index contributed by atoms with van der Waals surface area (Å²) in [5.74, 6) is 0. The lowest BCUT2D eigenvalue weighted by atomic mass is 9.94. The van der Waals surface area contributed by atoms with Crippen LogP contribution in [0.1, 0.15) is 24.8 Å². The number of hydrogen-bond acceptors (Lipinski definition) is 2. The number of aliphatic hydroxyl groups is 1. The van der Waals surface area contributed by atoms with E-state index in [9.17, 15) is 5.11 Å². The Balaban J connectivity index is 2.23. The van der Waals surface area contributed by atoms with Crippen LogP contribution in [0.15, 0.2) is 22.9 Å². The van der Waals surface area contributed by atoms with Gasteiger partial charge >= 0.3 is 0 Å². The molecule has 0 bridgehead atoms. The van der Waals surface area contributed by atoms with E-state index in [2.05, 4.69) is 16.8 Å². The second-order valence-corrected chi connectivity index (χ2v) is 3.94. The molecule has 0 radical (unpaired) electrons. The first kappa shape index (κ1) is 8.02. The molecule has 0 saturated heterocycles. The van der Waals surface area contributed by atoms with Crippen molar-refractivity contribution >= 4 is 16.9 Å². The number of thiophene rings is 1. The van der Waals surface area contributed by atoms with E-state index < -0.39 is 0 Å². The third kappa shape index (κ3) is 1.59. The Morgan fingerprint density at radius 1 is 1.50 bits per heavy atom. The number of aliphatic hydroxyl groups excluding tert-OH is 1. The lowest BCUT2D eigenvalue weighted by Crippen LogP contribution is -2.07. The van der Waals surface area contributed by atoms with Crippen LogP contribution >= 0.6 is 11.3 Å². The van der Waals surface area contributed by atoms with Gasteiger partial charge in [-0.2, -0.15) is 11.3 Å². The lowest BCUT2D eigenvalue weighted by molar-refractivity contribution is 0.206. The molecule has 1 aromatic rings. The predicted octanol–water partition coefficient (Wildman–Crippen LogP) is 2.68. The maximum atomic E-state index is 9.41. The van der Waals surface area contributed by atoms with Crippen molar-refractivity contribution < 1.29 is 5.11 Å². The zero-order chi connectivity index (χ0) is 8.39. The van der Waals surface area contributed by atoms with Crippen molar-refractivity contribution in [3.05, 3.63) is 28.5 Å². The number of rotatable bonds is 1. The summed E-state index contributed by atoms with van der Waals surface area (Å²) in [6, 6.07) is 2.12. The molecular formula is C10H12OS. The van der Waals surface area contributed by atoms with Gasteiger partial charge in [0.2, 0.25) is 0 Å². The number of allylic oxidation sites excluding steroid dienone is 1. The van der Waals surface area contributed by atoms with E-state index in [0.717, 1.165) is 19.3 Å². The van der Waals surface area contributed by atoms with Crippen molar-refractivity contribution in [3.63, 3.8) is 0 Å². The maximum Gasteiger partial charge on any atom is 0.0726 e. The van der Waals surface area contributed by atoms with Gasteiger partial charge in [0.15, 0.2) is 0 Å². The summed E-state index contributed by atoms with van der Waals surface area (Å²) in [5, 5.41) is 13.6. The predicted molar refractivity (Wildman–Crippen MR) is 52.2 cm³/mol. The Bertz CT molecular complexity index is 274. The highest BCUT2D eigenvalue weighted by Gasteiger charge is 2.11. The summed E-state index contributed by atoms with van der Waals surface area (Å²) in [6.45, 7) is 0. The van der Waals surface area contributed by atoms with E-state index in [-0.39, 0.29) is 6.10 Å². The van der Waals surface area contributed by atoms with Crippen LogP contribution in [0.4, 0.5) is 0 Å². The quantitative estimate of drug-likeness (QED) is 0.704. The van der Waals surface area contributed by atoms with Crippen LogP contribution in [-0.4, -0.2) is 11.2 Å². The molecule has 1 unspecified atom stereocenters. The minimum absolute atomic E-state index is 0.214. The van der Waals surface area contributed by atoms with Crippen LogP contribution in [0.5, 0.6) is 0 Å². The van der Waals surface area contributed by atoms with E-state index in [1.165, 1.54) is 11.1 Å². The maximum absolute atomic E-state index is 9.41. The summed E-state index contributed by atoms with van der Waals surface area (Å²) < 4.78 is 0. The highest BCUT2D eigenvalue weighted by atomic mass is 32.1. The molecule has 1 aromatic heterocycles. The smallest absolute Gasteiger partial charge is 0.0726 e. The van der Waals surface area contributed by atoms with Crippen molar-refractivity contribution in [3.8, 4) is 0 Å². The third-order valence-corrected chi connectivity index (χ3v) is 2.91. The molecule has 0 fully saturated rings. The Morgan fingerprint density at radius 3 is 3.08 bits per heavy atom. The van der Waals surface area contributed by atoms with E-state index in [1.807, 2.05) is 6.08 Å². The summed E-state index contributed by atoms with van der Waals surface area (Å²) in [4.78, 5) is 0. The molecule has 64 valence electrons. The van der Waals surface area contributed by atoms with E-state index >= 15 is 0 Å². The van der Waals surface area contributed by atoms with Crippen molar-refractivity contribution in [1.29, 1.82) is 0 Å². The lowest BCUT2D eigenvalue weighted by Gasteiger charge is -2.15. The molecule has 12 heavy (non-hydrogen) atoms. The van der Waals surface area contributed by atoms with Crippen LogP contribution in [0.2, 0.25) is 0 Å². The fraction of sp³-hybridized carbons (Fsp3) is 0.400. The molecule has 1 aliphatic rings. The molecule has 1 heterocycles. The zero-order valence-corrected chi connectivity index (χ0v) is 7.68. The molecule has 0 saturated carbocycles. The van der Waals surface area contributed by atoms with Gasteiger partial charge in [-0.05, 0) is 47.2 Å². The second-order valence-electron chi connectivity index (χ2n) is 3.16. The van der Waals surface area contributed by atoms with Gasteiger partial charge < -0.3 is 5.11 Å². The Labute approximate surface area is 76.4 Å². The Hall–Kier alpha value is -0.600. The van der Waals surface area contributed by atoms with Crippen LogP contribution in [-0.2, 0) is 0 Å². The highest BCUT2D eigenvalue weighted by Crippen LogP contribution is 2.27. The molecule has 1 aliphatic carbocycles. The SMILES string of the molecule is OC1C=C(c2ccsc2)CCC1. The molecule has 1 nitrogen and oxygen atoms in total. The normalized spacial score (nSPS) is 23.8. The zero-order valence-electron chi connectivity index (χ0n) is 6.86. The van der Waals surface area contributed by atoms with Gasteiger partial charge in [0.05, 0.1) is 6.10 Å². The monoisotopic (exact) mass is 180 g/mol. The average Bonchev–Trinajstić information content (AvgIpc) is 2.56. The fourth-order valence-corrected chi connectivity index (χ4v) is 2.27. The Morgan fingerprint density at radius 2 is 2.42 bits per heavy atom. The van der Waals surface area contributed by atoms with Crippen molar-refractivity contribution in [1.82, 2.24) is 0 Å². The third-order valence-electron chi connectivity index (χ3n) is 2.23. The minimum Gasteiger partial charge on any atom is -0.389 e. The van der Waals surface area contributed by atoms with Crippen LogP contribution in [0.25, 0.3) is 5.57 Å². The first-order chi connectivity index (χ1) is 5.86. The molecule has 2 rings (SSSR count). The molecular weight excluding hydrogens is 168 g/mol. The van der Waals surface area contributed by atoms with E-state index in [1.54, 1.807) is 11.3 Å². The van der Waals surface area contributed by atoms with Crippen LogP contribution in [0.3, 0.4) is 0 Å². The van der Waals surface area contributed by atoms with Gasteiger partial charge in [-0.25, -0.2) is 0 Å². The molecule has 0 aromatic carbocycles. The molecule has 0 amide bonds. The fourth-order valence-electron chi connectivity index (χ4n) is 1.59. The van der Waals surface area contributed by atoms with Gasteiger partial charge in [-0.15, -0.1) is 0 Å². The molecule has 2 heteroatoms. The first-order valence-corrected chi connectivity index (χ1v) is 5.22. The summed E-state index contributed by atoms with van der Waals surface area (Å²) in [7, 11) is 0. The van der Waals surface area contributed by atoms with Gasteiger partial charge in [0, 0.05) is 0 Å². The summed E-state index contributed by atoms with van der Waals surface area (Å²) in [5.41, 5.74) is 2.61. The minimum atomic E-state index is -0.214. The van der Waals surface area contributed by atoms with E-state index in [0.29, 0.717) is 0 Å². The highest BCUT2D eigenvalue weighted by molar-refractivity contribution is 7.08. The van der Waals surface area contributed by atoms with Crippen molar-refractivity contribution in [2.75, 3.05) is 0 Å². The van der Waals surface area contributed by atoms with Gasteiger partial charge in [0.25, 0.3) is 0 Å². The standard InChI is InChI=1S/C10H12OS/c11-10-3-1-2-8(6-10)9-4-5-12-7-9/h4-7,10-11H,1-3H2. The van der Waals surface area contributed by atoms with Crippen molar-refractivity contribution in [2.24, 2.45) is 0 Å². The largest absolute Gasteiger partial charge is 0.389 e. The number of hydrogen-bond donors (Lipinski definition) is 1. The molecule has 0 spiro atoms.